The van der Waals surface area contributed by atoms with Crippen LogP contribution in [0, 0.1) is 0 Å². The number of aromatic nitrogens is 1. The van der Waals surface area contributed by atoms with Gasteiger partial charge in [-0.25, -0.2) is 4.98 Å². The Kier molecular flexibility index (Phi) is 5.78. The molecule has 1 fully saturated rings. The molecule has 2 amide bonds. The molecule has 132 valence electrons. The summed E-state index contributed by atoms with van der Waals surface area (Å²) < 4.78 is 0. The molecule has 1 aliphatic carbocycles. The number of carbonyl (C=O) groups excluding carboxylic acids is 2. The SMILES string of the molecule is O=C(CCNC(=O)c1csc(Nc2ccc(Cl)c(Cl)c2)n1)NC1CC1. The van der Waals surface area contributed by atoms with Gasteiger partial charge in [-0.1, -0.05) is 23.2 Å². The molecule has 0 saturated heterocycles. The molecule has 25 heavy (non-hydrogen) atoms. The van der Waals surface area contributed by atoms with E-state index in [0.717, 1.165) is 18.5 Å². The number of hydrogen-bond donors (Lipinski definition) is 3. The van der Waals surface area contributed by atoms with Crippen LogP contribution in [-0.2, 0) is 4.79 Å². The van der Waals surface area contributed by atoms with Crippen molar-refractivity contribution >= 4 is 57.2 Å². The molecule has 0 atom stereocenters. The number of thiazole rings is 1. The van der Waals surface area contributed by atoms with Crippen LogP contribution >= 0.6 is 34.5 Å². The summed E-state index contributed by atoms with van der Waals surface area (Å²) in [5.41, 5.74) is 1.03. The van der Waals surface area contributed by atoms with Crippen molar-refractivity contribution < 1.29 is 9.59 Å². The third-order valence-electron chi connectivity index (χ3n) is 3.49. The third kappa shape index (κ3) is 5.32. The van der Waals surface area contributed by atoms with E-state index in [-0.39, 0.29) is 24.8 Å². The standard InChI is InChI=1S/C16H16Cl2N4O2S/c17-11-4-3-10(7-12(11)18)21-16-22-13(8-25-16)15(24)19-6-5-14(23)20-9-1-2-9/h3-4,7-9H,1-2,5-6H2,(H,19,24)(H,20,23)(H,21,22). The van der Waals surface area contributed by atoms with Gasteiger partial charge in [-0.05, 0) is 31.0 Å². The summed E-state index contributed by atoms with van der Waals surface area (Å²) in [5.74, 6) is -0.347. The largest absolute Gasteiger partial charge is 0.353 e. The zero-order chi connectivity index (χ0) is 17.8. The van der Waals surface area contributed by atoms with Crippen molar-refractivity contribution in [1.29, 1.82) is 0 Å². The van der Waals surface area contributed by atoms with Crippen molar-refractivity contribution in [1.82, 2.24) is 15.6 Å². The number of benzene rings is 1. The number of carbonyl (C=O) groups is 2. The van der Waals surface area contributed by atoms with E-state index in [1.807, 2.05) is 0 Å². The van der Waals surface area contributed by atoms with Crippen LogP contribution in [-0.4, -0.2) is 29.4 Å². The summed E-state index contributed by atoms with van der Waals surface area (Å²) >= 11 is 13.1. The van der Waals surface area contributed by atoms with Crippen molar-refractivity contribution in [2.75, 3.05) is 11.9 Å². The fourth-order valence-corrected chi connectivity index (χ4v) is 3.05. The Morgan fingerprint density at radius 3 is 2.76 bits per heavy atom. The maximum atomic E-state index is 12.1. The van der Waals surface area contributed by atoms with Crippen molar-refractivity contribution in [2.24, 2.45) is 0 Å². The second-order valence-corrected chi connectivity index (χ2v) is 7.31. The highest BCUT2D eigenvalue weighted by Crippen LogP contribution is 2.28. The predicted molar refractivity (Wildman–Crippen MR) is 100.0 cm³/mol. The lowest BCUT2D eigenvalue weighted by molar-refractivity contribution is -0.121. The Balaban J connectivity index is 1.48. The molecule has 0 aliphatic heterocycles. The van der Waals surface area contributed by atoms with Gasteiger partial charge >= 0.3 is 0 Å². The number of nitrogens with one attached hydrogen (secondary N) is 3. The highest BCUT2D eigenvalue weighted by molar-refractivity contribution is 7.14. The molecule has 0 bridgehead atoms. The Labute approximate surface area is 158 Å². The van der Waals surface area contributed by atoms with E-state index in [0.29, 0.717) is 26.9 Å². The van der Waals surface area contributed by atoms with Crippen LogP contribution in [0.4, 0.5) is 10.8 Å². The van der Waals surface area contributed by atoms with Crippen molar-refractivity contribution in [3.8, 4) is 0 Å². The molecule has 6 nitrogen and oxygen atoms in total. The Bertz CT molecular complexity index is 792. The third-order valence-corrected chi connectivity index (χ3v) is 4.98. The van der Waals surface area contributed by atoms with Crippen LogP contribution in [0.2, 0.25) is 10.0 Å². The van der Waals surface area contributed by atoms with Crippen molar-refractivity contribution in [2.45, 2.75) is 25.3 Å². The summed E-state index contributed by atoms with van der Waals surface area (Å²) in [6, 6.07) is 5.47. The number of halogens is 2. The number of nitrogens with zero attached hydrogens (tertiary/aromatic N) is 1. The van der Waals surface area contributed by atoms with Gasteiger partial charge < -0.3 is 16.0 Å². The van der Waals surface area contributed by atoms with Gasteiger partial charge in [-0.15, -0.1) is 11.3 Å². The summed E-state index contributed by atoms with van der Waals surface area (Å²) in [5, 5.41) is 11.8. The van der Waals surface area contributed by atoms with Gasteiger partial charge in [-0.2, -0.15) is 0 Å². The van der Waals surface area contributed by atoms with E-state index in [4.69, 9.17) is 23.2 Å². The maximum absolute atomic E-state index is 12.1. The minimum atomic E-state index is -0.308. The smallest absolute Gasteiger partial charge is 0.270 e. The van der Waals surface area contributed by atoms with Crippen LogP contribution in [0.25, 0.3) is 0 Å². The van der Waals surface area contributed by atoms with Crippen LogP contribution < -0.4 is 16.0 Å². The average Bonchev–Trinajstić information content (AvgIpc) is 3.26. The van der Waals surface area contributed by atoms with Crippen LogP contribution in [0.1, 0.15) is 29.8 Å². The second kappa shape index (κ2) is 8.03. The first-order valence-electron chi connectivity index (χ1n) is 7.76. The molecule has 1 aromatic carbocycles. The summed E-state index contributed by atoms with van der Waals surface area (Å²) in [6.07, 6.45) is 2.36. The molecule has 9 heteroatoms. The molecule has 3 rings (SSSR count). The molecule has 1 aliphatic rings. The first-order chi connectivity index (χ1) is 12.0. The van der Waals surface area contributed by atoms with E-state index in [9.17, 15) is 9.59 Å². The Morgan fingerprint density at radius 2 is 2.04 bits per heavy atom. The number of rotatable bonds is 7. The molecular weight excluding hydrogens is 383 g/mol. The lowest BCUT2D eigenvalue weighted by atomic mass is 10.3. The second-order valence-electron chi connectivity index (χ2n) is 5.64. The lowest BCUT2D eigenvalue weighted by Gasteiger charge is -2.05. The first kappa shape index (κ1) is 18.0. The van der Waals surface area contributed by atoms with Gasteiger partial charge in [0.2, 0.25) is 5.91 Å². The molecule has 2 aromatic rings. The number of hydrogen-bond acceptors (Lipinski definition) is 5. The summed E-state index contributed by atoms with van der Waals surface area (Å²) in [6.45, 7) is 0.282. The Hall–Kier alpha value is -1.83. The molecule has 1 heterocycles. The van der Waals surface area contributed by atoms with Gasteiger partial charge in [0.15, 0.2) is 5.13 Å². The topological polar surface area (TPSA) is 83.1 Å². The van der Waals surface area contributed by atoms with E-state index in [1.165, 1.54) is 11.3 Å². The molecule has 0 radical (unpaired) electrons. The monoisotopic (exact) mass is 398 g/mol. The predicted octanol–water partition coefficient (Wildman–Crippen LogP) is 3.59. The molecule has 3 N–H and O–H groups in total. The number of anilines is 2. The van der Waals surface area contributed by atoms with E-state index < -0.39 is 0 Å². The van der Waals surface area contributed by atoms with Crippen LogP contribution in [0.3, 0.4) is 0 Å². The fourth-order valence-electron chi connectivity index (χ4n) is 2.04. The normalized spacial score (nSPS) is 13.4. The average molecular weight is 399 g/mol. The molecule has 1 aromatic heterocycles. The van der Waals surface area contributed by atoms with Crippen LogP contribution in [0.5, 0.6) is 0 Å². The quantitative estimate of drug-likeness (QED) is 0.665. The Morgan fingerprint density at radius 1 is 1.24 bits per heavy atom. The summed E-state index contributed by atoms with van der Waals surface area (Å²) in [7, 11) is 0. The van der Waals surface area contributed by atoms with Gasteiger partial charge in [0, 0.05) is 30.1 Å². The lowest BCUT2D eigenvalue weighted by Crippen LogP contribution is -2.31. The highest BCUT2D eigenvalue weighted by Gasteiger charge is 2.22. The molecular formula is C16H16Cl2N4O2S. The van der Waals surface area contributed by atoms with Gasteiger partial charge in [-0.3, -0.25) is 9.59 Å². The van der Waals surface area contributed by atoms with E-state index in [2.05, 4.69) is 20.9 Å². The van der Waals surface area contributed by atoms with Gasteiger partial charge in [0.1, 0.15) is 5.69 Å². The molecule has 1 saturated carbocycles. The fraction of sp³-hybridized carbons (Fsp3) is 0.312. The number of amides is 2. The zero-order valence-electron chi connectivity index (χ0n) is 13.1. The summed E-state index contributed by atoms with van der Waals surface area (Å²) in [4.78, 5) is 27.9. The van der Waals surface area contributed by atoms with Crippen LogP contribution in [0.15, 0.2) is 23.6 Å². The molecule has 0 spiro atoms. The van der Waals surface area contributed by atoms with Gasteiger partial charge in [0.25, 0.3) is 5.91 Å². The zero-order valence-corrected chi connectivity index (χ0v) is 15.5. The highest BCUT2D eigenvalue weighted by atomic mass is 35.5. The van der Waals surface area contributed by atoms with Crippen molar-refractivity contribution in [3.63, 3.8) is 0 Å². The van der Waals surface area contributed by atoms with Gasteiger partial charge in [0.05, 0.1) is 10.0 Å². The van der Waals surface area contributed by atoms with Crippen molar-refractivity contribution in [3.05, 3.63) is 39.3 Å². The maximum Gasteiger partial charge on any atom is 0.270 e. The minimum absolute atomic E-state index is 0.0388. The first-order valence-corrected chi connectivity index (χ1v) is 9.40. The van der Waals surface area contributed by atoms with E-state index in [1.54, 1.807) is 23.6 Å². The van der Waals surface area contributed by atoms with E-state index >= 15 is 0 Å². The molecule has 0 unspecified atom stereocenters. The minimum Gasteiger partial charge on any atom is -0.353 e.